The first-order chi connectivity index (χ1) is 14.0. The maximum Gasteiger partial charge on any atom is 1.00 e. The van der Waals surface area contributed by atoms with Crippen LogP contribution in [0.15, 0.2) is 0 Å². The molecule has 4 rings (SSSR count). The summed E-state index contributed by atoms with van der Waals surface area (Å²) in [5.74, 6) is 2.87. The Labute approximate surface area is 239 Å². The van der Waals surface area contributed by atoms with Crippen LogP contribution in [0.25, 0.3) is 0 Å². The minimum Gasteiger partial charge on any atom is -0.332 e. The molecule has 0 amide bonds. The van der Waals surface area contributed by atoms with Crippen molar-refractivity contribution in [1.82, 2.24) is 9.80 Å². The molecule has 0 aromatic rings. The van der Waals surface area contributed by atoms with Crippen molar-refractivity contribution in [2.24, 2.45) is 16.7 Å². The monoisotopic (exact) mass is 490 g/mol. The Hall–Kier alpha value is 1.73. The minimum absolute atomic E-state index is 0. The quantitative estimate of drug-likeness (QED) is 0.547. The molecule has 0 unspecified atom stereocenters. The summed E-state index contributed by atoms with van der Waals surface area (Å²) in [6, 6.07) is 0.740. The summed E-state index contributed by atoms with van der Waals surface area (Å²) in [5, 5.41) is 0. The Morgan fingerprint density at radius 1 is 0.767 bits per heavy atom. The normalized spacial score (nSPS) is 26.8. The molecule has 2 heterocycles. The third-order valence-electron chi connectivity index (χ3n) is 8.54. The van der Waals surface area contributed by atoms with Crippen molar-refractivity contribution in [2.45, 2.75) is 119 Å². The Bertz CT molecular complexity index is 430. The van der Waals surface area contributed by atoms with Gasteiger partial charge in [-0.1, -0.05) is 52.9 Å². The van der Waals surface area contributed by atoms with Gasteiger partial charge in [0, 0.05) is 6.04 Å². The van der Waals surface area contributed by atoms with Crippen molar-refractivity contribution >= 4 is 0 Å². The molecule has 2 nitrogen and oxygen atoms in total. The largest absolute Gasteiger partial charge is 1.00 e. The molecule has 0 bridgehead atoms. The van der Waals surface area contributed by atoms with E-state index in [9.17, 15) is 0 Å². The first-order valence-corrected chi connectivity index (χ1v) is 13.3. The Morgan fingerprint density at radius 2 is 1.23 bits per heavy atom. The van der Waals surface area contributed by atoms with Crippen LogP contribution in [0.1, 0.15) is 113 Å². The fourth-order valence-electron chi connectivity index (χ4n) is 6.37. The molecule has 2 aliphatic heterocycles. The van der Waals surface area contributed by atoms with Gasteiger partial charge in [0.25, 0.3) is 0 Å². The predicted octanol–water partition coefficient (Wildman–Crippen LogP) is 4.19. The van der Waals surface area contributed by atoms with E-state index in [4.69, 9.17) is 0 Å². The molecule has 4 aliphatic rings. The van der Waals surface area contributed by atoms with Crippen LogP contribution in [0.4, 0.5) is 0 Å². The molecule has 0 aromatic carbocycles. The maximum atomic E-state index is 2.80. The summed E-state index contributed by atoms with van der Waals surface area (Å²) < 4.78 is 0. The van der Waals surface area contributed by atoms with Gasteiger partial charge in [0.15, 0.2) is 0 Å². The maximum absolute atomic E-state index is 2.80. The van der Waals surface area contributed by atoms with E-state index in [-0.39, 0.29) is 58.2 Å². The molecule has 2 spiro atoms. The molecule has 30 heavy (non-hydrogen) atoms. The predicted molar refractivity (Wildman–Crippen MR) is 129 cm³/mol. The van der Waals surface area contributed by atoms with Crippen molar-refractivity contribution in [3.63, 3.8) is 0 Å². The summed E-state index contributed by atoms with van der Waals surface area (Å²) in [5.41, 5.74) is 1.47. The van der Waals surface area contributed by atoms with Gasteiger partial charge in [-0.3, -0.25) is 5.92 Å². The second-order valence-electron chi connectivity index (χ2n) is 10.7. The van der Waals surface area contributed by atoms with E-state index < -0.39 is 0 Å². The van der Waals surface area contributed by atoms with Gasteiger partial charge in [-0.15, -0.1) is 6.54 Å². The number of rotatable bonds is 3. The van der Waals surface area contributed by atoms with E-state index in [0.29, 0.717) is 0 Å². The van der Waals surface area contributed by atoms with Gasteiger partial charge < -0.3 is 9.80 Å². The second-order valence-corrected chi connectivity index (χ2v) is 10.7. The minimum atomic E-state index is 0. The zero-order valence-corrected chi connectivity index (χ0v) is 27.1. The number of hydrogen-bond donors (Lipinski definition) is 0. The van der Waals surface area contributed by atoms with Crippen LogP contribution >= 0.6 is 0 Å². The molecule has 3 heteroatoms. The summed E-state index contributed by atoms with van der Waals surface area (Å²) in [6.45, 7) is 21.9. The average molecular weight is 491 g/mol. The first-order valence-electron chi connectivity index (χ1n) is 13.3. The van der Waals surface area contributed by atoms with Crippen LogP contribution in [0.3, 0.4) is 0 Å². The van der Waals surface area contributed by atoms with Gasteiger partial charge >= 0.3 is 58.2 Å². The Morgan fingerprint density at radius 3 is 1.70 bits per heavy atom. The topological polar surface area (TPSA) is 6.48 Å². The van der Waals surface area contributed by atoms with Gasteiger partial charge in [0.2, 0.25) is 0 Å². The summed E-state index contributed by atoms with van der Waals surface area (Å²) in [7, 11) is 0. The van der Waals surface area contributed by atoms with Gasteiger partial charge in [-0.25, -0.2) is 0 Å². The zero-order valence-electron chi connectivity index (χ0n) is 22.2. The van der Waals surface area contributed by atoms with Crippen LogP contribution in [0.2, 0.25) is 0 Å². The van der Waals surface area contributed by atoms with E-state index in [1.165, 1.54) is 96.9 Å². The van der Waals surface area contributed by atoms with Gasteiger partial charge in [-0.05, 0) is 89.9 Å². The number of nitrogens with zero attached hydrogens (tertiary/aromatic N) is 2. The van der Waals surface area contributed by atoms with Crippen molar-refractivity contribution in [3.8, 4) is 0 Å². The first kappa shape index (κ1) is 29.8. The molecule has 4 fully saturated rings. The van der Waals surface area contributed by atoms with Crippen LogP contribution in [-0.4, -0.2) is 48.6 Å². The molecule has 2 saturated heterocycles. The smallest absolute Gasteiger partial charge is 0.332 e. The van der Waals surface area contributed by atoms with Gasteiger partial charge in [-0.2, -0.15) is 12.8 Å². The number of likely N-dealkylation sites (tertiary alicyclic amines) is 2. The average Bonchev–Trinajstić information content (AvgIpc) is 2.74. The van der Waals surface area contributed by atoms with Crippen molar-refractivity contribution < 1.29 is 58.2 Å². The van der Waals surface area contributed by atoms with Crippen molar-refractivity contribution in [1.29, 1.82) is 0 Å². The van der Waals surface area contributed by atoms with Crippen molar-refractivity contribution in [2.75, 3.05) is 32.7 Å². The van der Waals surface area contributed by atoms with Gasteiger partial charge in [0.1, 0.15) is 0 Å². The fourth-order valence-corrected chi connectivity index (χ4v) is 6.37. The van der Waals surface area contributed by atoms with Crippen LogP contribution < -0.4 is 58.2 Å². The van der Waals surface area contributed by atoms with E-state index >= 15 is 0 Å². The third kappa shape index (κ3) is 7.90. The molecule has 0 radical (unpaired) electrons. The Kier molecular flexibility index (Phi) is 14.1. The molecule has 0 atom stereocenters. The molecule has 0 N–H and O–H groups in total. The molecule has 2 saturated carbocycles. The zero-order chi connectivity index (χ0) is 21.5. The molecular weight excluding hydrogens is 438 g/mol. The van der Waals surface area contributed by atoms with Crippen LogP contribution in [0.5, 0.6) is 0 Å². The second kappa shape index (κ2) is 14.2. The fraction of sp³-hybridized carbons (Fsp3) is 0.963. The standard InChI is InChI=1S/C23H41N2.2C2H6.Rb/c1-19(2)25-14-10-23(11-15-25)16-21(17-23)18-24-12-8-22(9-13-24)6-4-20(3)5-7-22;2*1-2;/h19-20H,4-18H2,1-3H3;2*1-2H3;/q-1;;;+1. The van der Waals surface area contributed by atoms with Gasteiger partial charge in [0.05, 0.1) is 0 Å². The van der Waals surface area contributed by atoms with E-state index in [0.717, 1.165) is 22.8 Å². The van der Waals surface area contributed by atoms with Crippen LogP contribution in [0, 0.1) is 22.7 Å². The number of piperidine rings is 2. The number of hydrogen-bond acceptors (Lipinski definition) is 2. The Balaban J connectivity index is 0.000000851. The van der Waals surface area contributed by atoms with E-state index in [1.54, 1.807) is 0 Å². The molecular formula is C27H53N2Rb. The summed E-state index contributed by atoms with van der Waals surface area (Å²) in [4.78, 5) is 5.48. The molecule has 0 aromatic heterocycles. The van der Waals surface area contributed by atoms with Crippen molar-refractivity contribution in [3.05, 3.63) is 5.92 Å². The van der Waals surface area contributed by atoms with E-state index in [2.05, 4.69) is 30.6 Å². The van der Waals surface area contributed by atoms with E-state index in [1.807, 2.05) is 33.6 Å². The summed E-state index contributed by atoms with van der Waals surface area (Å²) in [6.07, 6.45) is 14.8. The summed E-state index contributed by atoms with van der Waals surface area (Å²) >= 11 is 0. The third-order valence-corrected chi connectivity index (χ3v) is 8.54. The molecule has 172 valence electrons. The molecule has 2 aliphatic carbocycles. The van der Waals surface area contributed by atoms with Crippen LogP contribution in [-0.2, 0) is 0 Å². The SMILES string of the molecule is CC.CC.CC1CCC2(CC1)CCN(C[C-]1CC3(CCN(C(C)C)CC3)C1)CC2.[Rb+].